The van der Waals surface area contributed by atoms with Crippen molar-refractivity contribution in [2.45, 2.75) is 31.3 Å². The zero-order valence-electron chi connectivity index (χ0n) is 17.5. The van der Waals surface area contributed by atoms with Crippen LogP contribution in [0, 0.1) is 13.8 Å². The van der Waals surface area contributed by atoms with Gasteiger partial charge >= 0.3 is 5.69 Å². The normalized spacial score (nSPS) is 11.3. The van der Waals surface area contributed by atoms with Gasteiger partial charge in [0.1, 0.15) is 0 Å². The van der Waals surface area contributed by atoms with E-state index in [1.54, 1.807) is 18.8 Å². The first-order chi connectivity index (χ1) is 14.3. The molecule has 0 aliphatic heterocycles. The van der Waals surface area contributed by atoms with Crippen LogP contribution < -0.4 is 11.2 Å². The first kappa shape index (κ1) is 20.2. The molecule has 0 saturated carbocycles. The van der Waals surface area contributed by atoms with Gasteiger partial charge in [-0.3, -0.25) is 13.9 Å². The number of rotatable bonds is 5. The van der Waals surface area contributed by atoms with Crippen molar-refractivity contribution in [1.82, 2.24) is 18.7 Å². The first-order valence-electron chi connectivity index (χ1n) is 9.75. The lowest BCUT2D eigenvalue weighted by molar-refractivity contribution is 0.696. The maximum atomic E-state index is 13.0. The summed E-state index contributed by atoms with van der Waals surface area (Å²) < 4.78 is 4.52. The topological polar surface area (TPSA) is 61.8 Å². The number of imidazole rings is 1. The largest absolute Gasteiger partial charge is 0.332 e. The molecule has 0 aliphatic carbocycles. The van der Waals surface area contributed by atoms with E-state index in [0.29, 0.717) is 17.7 Å². The molecule has 2 aromatic heterocycles. The third-order valence-electron chi connectivity index (χ3n) is 5.22. The van der Waals surface area contributed by atoms with Crippen LogP contribution in [0.1, 0.15) is 22.3 Å². The molecule has 6 nitrogen and oxygen atoms in total. The quantitative estimate of drug-likeness (QED) is 0.465. The van der Waals surface area contributed by atoms with Gasteiger partial charge in [0.25, 0.3) is 5.56 Å². The Morgan fingerprint density at radius 3 is 2.33 bits per heavy atom. The summed E-state index contributed by atoms with van der Waals surface area (Å²) in [6.07, 6.45) is 0. The van der Waals surface area contributed by atoms with E-state index in [9.17, 15) is 9.59 Å². The minimum Gasteiger partial charge on any atom is -0.309 e. The van der Waals surface area contributed by atoms with E-state index in [0.717, 1.165) is 26.6 Å². The van der Waals surface area contributed by atoms with Gasteiger partial charge in [0.15, 0.2) is 16.3 Å². The number of fused-ring (bicyclic) bond motifs is 1. The minimum atomic E-state index is -0.372. The highest BCUT2D eigenvalue weighted by Crippen LogP contribution is 2.26. The average molecular weight is 421 g/mol. The van der Waals surface area contributed by atoms with Crippen LogP contribution in [0.4, 0.5) is 0 Å². The Bertz CT molecular complexity index is 1350. The maximum absolute atomic E-state index is 13.0. The summed E-state index contributed by atoms with van der Waals surface area (Å²) in [6.45, 7) is 4.63. The number of thioether (sulfide) groups is 1. The van der Waals surface area contributed by atoms with Gasteiger partial charge in [-0.15, -0.1) is 0 Å². The third-order valence-corrected chi connectivity index (χ3v) is 6.27. The monoisotopic (exact) mass is 420 g/mol. The number of benzene rings is 2. The molecule has 0 fully saturated rings. The molecule has 0 aliphatic rings. The zero-order valence-corrected chi connectivity index (χ0v) is 18.4. The molecule has 0 atom stereocenters. The molecule has 0 N–H and O–H groups in total. The molecule has 154 valence electrons. The SMILES string of the molecule is Cc1ccc(CSc2nc3c(c(=O)n(C)c(=O)n3C)n2Cc2cccc(C)c2)cc1. The van der Waals surface area contributed by atoms with Crippen molar-refractivity contribution in [3.05, 3.63) is 91.6 Å². The number of hydrogen-bond acceptors (Lipinski definition) is 4. The molecular formula is C23H24N4O2S. The molecular weight excluding hydrogens is 396 g/mol. The molecule has 4 rings (SSSR count). The Hall–Kier alpha value is -3.06. The van der Waals surface area contributed by atoms with E-state index < -0.39 is 0 Å². The summed E-state index contributed by atoms with van der Waals surface area (Å²) >= 11 is 1.57. The van der Waals surface area contributed by atoms with Crippen LogP contribution in [0.5, 0.6) is 0 Å². The fourth-order valence-corrected chi connectivity index (χ4v) is 4.46. The molecule has 2 aromatic carbocycles. The molecule has 30 heavy (non-hydrogen) atoms. The summed E-state index contributed by atoms with van der Waals surface area (Å²) in [7, 11) is 3.16. The van der Waals surface area contributed by atoms with Gasteiger partial charge in [-0.25, -0.2) is 9.78 Å². The van der Waals surface area contributed by atoms with Gasteiger partial charge < -0.3 is 4.57 Å². The van der Waals surface area contributed by atoms with Gasteiger partial charge in [0.05, 0.1) is 6.54 Å². The van der Waals surface area contributed by atoms with Crippen molar-refractivity contribution in [2.75, 3.05) is 0 Å². The summed E-state index contributed by atoms with van der Waals surface area (Å²) in [4.78, 5) is 30.1. The highest BCUT2D eigenvalue weighted by Gasteiger charge is 2.19. The summed E-state index contributed by atoms with van der Waals surface area (Å²) in [6, 6.07) is 16.6. The standard InChI is InChI=1S/C23H24N4O2S/c1-15-8-10-17(11-9-15)14-30-22-24-20-19(21(28)26(4)23(29)25(20)3)27(22)13-18-7-5-6-16(2)12-18/h5-12H,13-14H2,1-4H3. The zero-order chi connectivity index (χ0) is 21.4. The van der Waals surface area contributed by atoms with Crippen molar-refractivity contribution in [1.29, 1.82) is 0 Å². The highest BCUT2D eigenvalue weighted by molar-refractivity contribution is 7.98. The highest BCUT2D eigenvalue weighted by atomic mass is 32.2. The van der Waals surface area contributed by atoms with E-state index in [2.05, 4.69) is 37.3 Å². The molecule has 0 saturated heterocycles. The summed E-state index contributed by atoms with van der Waals surface area (Å²) in [5.74, 6) is 0.728. The van der Waals surface area contributed by atoms with E-state index in [1.165, 1.54) is 22.7 Å². The molecule has 0 spiro atoms. The molecule has 4 aromatic rings. The van der Waals surface area contributed by atoms with Gasteiger partial charge in [-0.05, 0) is 25.0 Å². The Labute approximate surface area is 178 Å². The number of aromatic nitrogens is 4. The van der Waals surface area contributed by atoms with Gasteiger partial charge in [0.2, 0.25) is 0 Å². The van der Waals surface area contributed by atoms with E-state index in [-0.39, 0.29) is 11.2 Å². The number of nitrogens with zero attached hydrogens (tertiary/aromatic N) is 4. The van der Waals surface area contributed by atoms with Gasteiger partial charge in [-0.1, -0.05) is 71.4 Å². The second-order valence-corrected chi connectivity index (χ2v) is 8.56. The second-order valence-electron chi connectivity index (χ2n) is 7.62. The van der Waals surface area contributed by atoms with Crippen molar-refractivity contribution < 1.29 is 0 Å². The smallest absolute Gasteiger partial charge is 0.309 e. The maximum Gasteiger partial charge on any atom is 0.332 e. The van der Waals surface area contributed by atoms with Crippen molar-refractivity contribution in [3.8, 4) is 0 Å². The fourth-order valence-electron chi connectivity index (χ4n) is 3.51. The Morgan fingerprint density at radius 2 is 1.63 bits per heavy atom. The van der Waals surface area contributed by atoms with E-state index >= 15 is 0 Å². The van der Waals surface area contributed by atoms with E-state index in [4.69, 9.17) is 4.98 Å². The Kier molecular flexibility index (Phi) is 5.39. The molecule has 7 heteroatoms. The third kappa shape index (κ3) is 3.73. The lowest BCUT2D eigenvalue weighted by Gasteiger charge is -2.10. The van der Waals surface area contributed by atoms with E-state index in [1.807, 2.05) is 29.7 Å². The van der Waals surface area contributed by atoms with Crippen LogP contribution in [-0.4, -0.2) is 18.7 Å². The molecule has 0 unspecified atom stereocenters. The molecule has 0 amide bonds. The molecule has 2 heterocycles. The Morgan fingerprint density at radius 1 is 0.900 bits per heavy atom. The van der Waals surface area contributed by atoms with Crippen LogP contribution in [0.3, 0.4) is 0 Å². The Balaban J connectivity index is 1.84. The minimum absolute atomic E-state index is 0.324. The van der Waals surface area contributed by atoms with Gasteiger partial charge in [0, 0.05) is 19.8 Å². The van der Waals surface area contributed by atoms with Crippen LogP contribution in [0.25, 0.3) is 11.2 Å². The lowest BCUT2D eigenvalue weighted by Crippen LogP contribution is -2.37. The van der Waals surface area contributed by atoms with Gasteiger partial charge in [-0.2, -0.15) is 0 Å². The first-order valence-corrected chi connectivity index (χ1v) is 10.7. The summed E-state index contributed by atoms with van der Waals surface area (Å²) in [5, 5.41) is 0.727. The van der Waals surface area contributed by atoms with Crippen LogP contribution in [0.15, 0.2) is 63.3 Å². The van der Waals surface area contributed by atoms with Crippen molar-refractivity contribution in [2.24, 2.45) is 14.1 Å². The lowest BCUT2D eigenvalue weighted by atomic mass is 10.1. The van der Waals surface area contributed by atoms with Crippen LogP contribution >= 0.6 is 11.8 Å². The molecule has 0 radical (unpaired) electrons. The fraction of sp³-hybridized carbons (Fsp3) is 0.261. The number of aryl methyl sites for hydroxylation is 3. The summed E-state index contributed by atoms with van der Waals surface area (Å²) in [5.41, 5.74) is 4.82. The second kappa shape index (κ2) is 7.99. The predicted octanol–water partition coefficient (Wildman–Crippen LogP) is 3.39. The van der Waals surface area contributed by atoms with Crippen molar-refractivity contribution in [3.63, 3.8) is 0 Å². The predicted molar refractivity (Wildman–Crippen MR) is 121 cm³/mol. The van der Waals surface area contributed by atoms with Crippen LogP contribution in [-0.2, 0) is 26.4 Å². The van der Waals surface area contributed by atoms with Crippen molar-refractivity contribution >= 4 is 22.9 Å². The molecule has 0 bridgehead atoms. The number of hydrogen-bond donors (Lipinski definition) is 0. The average Bonchev–Trinajstić information content (AvgIpc) is 3.08. The van der Waals surface area contributed by atoms with Crippen LogP contribution in [0.2, 0.25) is 0 Å².